The van der Waals surface area contributed by atoms with E-state index in [1.165, 1.54) is 0 Å². The van der Waals surface area contributed by atoms with Crippen LogP contribution in [0.4, 0.5) is 10.6 Å². The molecule has 1 aliphatic carbocycles. The third kappa shape index (κ3) is 5.84. The molecule has 0 saturated heterocycles. The van der Waals surface area contributed by atoms with Crippen molar-refractivity contribution in [2.75, 3.05) is 5.32 Å². The summed E-state index contributed by atoms with van der Waals surface area (Å²) in [5.41, 5.74) is 1.33. The van der Waals surface area contributed by atoms with Gasteiger partial charge in [0.1, 0.15) is 11.6 Å². The minimum absolute atomic E-state index is 0.335. The number of carbonyl (C=O) groups excluding carboxylic acids is 2. The number of rotatable bonds is 6. The molecule has 1 heterocycles. The van der Waals surface area contributed by atoms with Crippen molar-refractivity contribution < 1.29 is 14.3 Å². The van der Waals surface area contributed by atoms with Crippen LogP contribution >= 0.6 is 0 Å². The highest BCUT2D eigenvalue weighted by molar-refractivity contribution is 5.96. The molecule has 0 radical (unpaired) electrons. The maximum Gasteiger partial charge on any atom is 0.408 e. The molecule has 0 unspecified atom stereocenters. The molecule has 3 N–H and O–H groups in total. The molecule has 1 saturated carbocycles. The summed E-state index contributed by atoms with van der Waals surface area (Å²) >= 11 is 0. The van der Waals surface area contributed by atoms with Gasteiger partial charge < -0.3 is 15.4 Å². The molecule has 3 rings (SSSR count). The van der Waals surface area contributed by atoms with Gasteiger partial charge in [0.05, 0.1) is 0 Å². The summed E-state index contributed by atoms with van der Waals surface area (Å²) in [7, 11) is 0. The van der Waals surface area contributed by atoms with Gasteiger partial charge in [0.25, 0.3) is 0 Å². The Labute approximate surface area is 158 Å². The molecule has 1 aromatic heterocycles. The zero-order valence-electron chi connectivity index (χ0n) is 15.9. The Balaban J connectivity index is 1.68. The Morgan fingerprint density at radius 3 is 2.59 bits per heavy atom. The van der Waals surface area contributed by atoms with Gasteiger partial charge in [0.2, 0.25) is 5.91 Å². The van der Waals surface area contributed by atoms with E-state index in [1.807, 2.05) is 36.4 Å². The van der Waals surface area contributed by atoms with Crippen LogP contribution in [0.3, 0.4) is 0 Å². The molecule has 0 aliphatic heterocycles. The second-order valence-corrected chi connectivity index (χ2v) is 7.86. The quantitative estimate of drug-likeness (QED) is 0.726. The molecule has 27 heavy (non-hydrogen) atoms. The molecule has 7 nitrogen and oxygen atoms in total. The number of alkyl carbamates (subject to hydrolysis) is 1. The number of ether oxygens (including phenoxy) is 1. The summed E-state index contributed by atoms with van der Waals surface area (Å²) in [5, 5.41) is 12.6. The van der Waals surface area contributed by atoms with Gasteiger partial charge in [-0.1, -0.05) is 30.3 Å². The highest BCUT2D eigenvalue weighted by Gasteiger charge is 2.28. The fraction of sp³-hybridized carbons (Fsp3) is 0.450. The number of hydrogen-bond acceptors (Lipinski definition) is 4. The van der Waals surface area contributed by atoms with Crippen LogP contribution in [0.25, 0.3) is 0 Å². The lowest BCUT2D eigenvalue weighted by atomic mass is 10.1. The van der Waals surface area contributed by atoms with Gasteiger partial charge in [-0.3, -0.25) is 9.89 Å². The van der Waals surface area contributed by atoms with Gasteiger partial charge in [-0.2, -0.15) is 5.10 Å². The molecule has 0 bridgehead atoms. The Hall–Kier alpha value is -2.83. The Morgan fingerprint density at radius 1 is 1.26 bits per heavy atom. The van der Waals surface area contributed by atoms with Crippen molar-refractivity contribution in [3.63, 3.8) is 0 Å². The van der Waals surface area contributed by atoms with E-state index in [4.69, 9.17) is 4.74 Å². The van der Waals surface area contributed by atoms with Gasteiger partial charge in [-0.25, -0.2) is 4.79 Å². The molecule has 1 aromatic carbocycles. The Kier molecular flexibility index (Phi) is 5.48. The highest BCUT2D eigenvalue weighted by Crippen LogP contribution is 2.39. The van der Waals surface area contributed by atoms with E-state index in [0.717, 1.165) is 24.1 Å². The van der Waals surface area contributed by atoms with Gasteiger partial charge in [-0.05, 0) is 39.2 Å². The zero-order chi connectivity index (χ0) is 19.4. The number of H-pyrrole nitrogens is 1. The summed E-state index contributed by atoms with van der Waals surface area (Å²) in [6.45, 7) is 5.34. The van der Waals surface area contributed by atoms with E-state index in [0.29, 0.717) is 18.2 Å². The van der Waals surface area contributed by atoms with Gasteiger partial charge in [-0.15, -0.1) is 0 Å². The molecule has 2 aromatic rings. The largest absolute Gasteiger partial charge is 0.444 e. The van der Waals surface area contributed by atoms with Crippen LogP contribution in [0.2, 0.25) is 0 Å². The summed E-state index contributed by atoms with van der Waals surface area (Å²) in [4.78, 5) is 25.0. The zero-order valence-corrected chi connectivity index (χ0v) is 15.9. The number of nitrogens with zero attached hydrogens (tertiary/aromatic N) is 1. The van der Waals surface area contributed by atoms with Crippen molar-refractivity contribution in [3.05, 3.63) is 47.7 Å². The first kappa shape index (κ1) is 18.9. The number of nitrogens with one attached hydrogen (secondary N) is 3. The second kappa shape index (κ2) is 7.82. The number of aromatic nitrogens is 2. The third-order valence-corrected chi connectivity index (χ3v) is 4.16. The van der Waals surface area contributed by atoms with Crippen molar-refractivity contribution in [2.45, 2.75) is 57.6 Å². The first-order valence-electron chi connectivity index (χ1n) is 9.20. The van der Waals surface area contributed by atoms with Crippen molar-refractivity contribution in [1.29, 1.82) is 0 Å². The van der Waals surface area contributed by atoms with Crippen LogP contribution in [0.5, 0.6) is 0 Å². The normalized spacial score (nSPS) is 15.1. The third-order valence-electron chi connectivity index (χ3n) is 4.16. The van der Waals surface area contributed by atoms with Crippen LogP contribution in [0, 0.1) is 0 Å². The van der Waals surface area contributed by atoms with Crippen LogP contribution in [0.15, 0.2) is 36.4 Å². The highest BCUT2D eigenvalue weighted by atomic mass is 16.6. The lowest BCUT2D eigenvalue weighted by molar-refractivity contribution is -0.118. The van der Waals surface area contributed by atoms with Crippen molar-refractivity contribution >= 4 is 17.8 Å². The fourth-order valence-electron chi connectivity index (χ4n) is 2.73. The predicted octanol–water partition coefficient (Wildman–Crippen LogP) is 3.36. The molecule has 2 amide bonds. The van der Waals surface area contributed by atoms with Gasteiger partial charge in [0, 0.05) is 24.1 Å². The van der Waals surface area contributed by atoms with Gasteiger partial charge >= 0.3 is 6.09 Å². The molecule has 1 atom stereocenters. The van der Waals surface area contributed by atoms with E-state index in [2.05, 4.69) is 20.8 Å². The average molecular weight is 370 g/mol. The van der Waals surface area contributed by atoms with Crippen LogP contribution in [-0.4, -0.2) is 33.8 Å². The number of hydrogen-bond donors (Lipinski definition) is 3. The number of carbonyl (C=O) groups is 2. The number of benzene rings is 1. The second-order valence-electron chi connectivity index (χ2n) is 7.86. The monoisotopic (exact) mass is 370 g/mol. The van der Waals surface area contributed by atoms with E-state index in [-0.39, 0.29) is 5.91 Å². The van der Waals surface area contributed by atoms with Crippen LogP contribution < -0.4 is 10.6 Å². The first-order valence-corrected chi connectivity index (χ1v) is 9.20. The van der Waals surface area contributed by atoms with Gasteiger partial charge in [0.15, 0.2) is 5.82 Å². The summed E-state index contributed by atoms with van der Waals surface area (Å²) < 4.78 is 5.30. The minimum atomic E-state index is -0.775. The molecule has 144 valence electrons. The number of aromatic amines is 1. The topological polar surface area (TPSA) is 96.1 Å². The van der Waals surface area contributed by atoms with Crippen molar-refractivity contribution in [2.24, 2.45) is 0 Å². The molecular formula is C20H26N4O3. The van der Waals surface area contributed by atoms with E-state index in [1.54, 1.807) is 20.8 Å². The number of anilines is 1. The SMILES string of the molecule is CC(C)(C)OC(=O)N[C@H](Cc1ccccc1)C(=O)Nc1cc(C2CC2)[nH]n1. The standard InChI is InChI=1S/C20H26N4O3/c1-20(2,3)27-19(26)21-16(11-13-7-5-4-6-8-13)18(25)22-17-12-15(23-24-17)14-9-10-14/h4-8,12,14,16H,9-11H2,1-3H3,(H,21,26)(H2,22,23,24,25)/t16-/m1/s1. The Bertz CT molecular complexity index is 791. The van der Waals surface area contributed by atoms with E-state index >= 15 is 0 Å². The lowest BCUT2D eigenvalue weighted by Gasteiger charge is -2.23. The first-order chi connectivity index (χ1) is 12.8. The molecule has 1 fully saturated rings. The maximum absolute atomic E-state index is 12.8. The lowest BCUT2D eigenvalue weighted by Crippen LogP contribution is -2.47. The number of amides is 2. The summed E-state index contributed by atoms with van der Waals surface area (Å²) in [6, 6.07) is 10.6. The van der Waals surface area contributed by atoms with Crippen LogP contribution in [0.1, 0.15) is 50.8 Å². The molecular weight excluding hydrogens is 344 g/mol. The summed E-state index contributed by atoms with van der Waals surface area (Å²) in [5.74, 6) is 0.646. The molecule has 1 aliphatic rings. The van der Waals surface area contributed by atoms with Crippen LogP contribution in [-0.2, 0) is 16.0 Å². The predicted molar refractivity (Wildman–Crippen MR) is 102 cm³/mol. The van der Waals surface area contributed by atoms with Crippen molar-refractivity contribution in [1.82, 2.24) is 15.5 Å². The maximum atomic E-state index is 12.8. The average Bonchev–Trinajstić information content (AvgIpc) is 3.33. The fourth-order valence-corrected chi connectivity index (χ4v) is 2.73. The van der Waals surface area contributed by atoms with E-state index < -0.39 is 17.7 Å². The smallest absolute Gasteiger partial charge is 0.408 e. The summed E-state index contributed by atoms with van der Waals surface area (Å²) in [6.07, 6.45) is 2.02. The van der Waals surface area contributed by atoms with E-state index in [9.17, 15) is 9.59 Å². The molecule has 7 heteroatoms. The minimum Gasteiger partial charge on any atom is -0.444 e. The van der Waals surface area contributed by atoms with Crippen molar-refractivity contribution in [3.8, 4) is 0 Å². The Morgan fingerprint density at radius 2 is 1.96 bits per heavy atom. The molecule has 0 spiro atoms.